The molecule has 2 N–H and O–H groups in total. The third-order valence-corrected chi connectivity index (χ3v) is 17.9. The molecule has 3 aromatic carbocycles. The monoisotopic (exact) mass is 748 g/mol. The maximum absolute atomic E-state index is 13.9. The van der Waals surface area contributed by atoms with E-state index in [0.717, 1.165) is 39.2 Å². The quantitative estimate of drug-likeness (QED) is 0.0848. The van der Waals surface area contributed by atoms with Crippen LogP contribution < -0.4 is 0 Å². The first-order valence-corrected chi connectivity index (χ1v) is 25.0. The van der Waals surface area contributed by atoms with Gasteiger partial charge in [-0.25, -0.2) is 0 Å². The predicted octanol–water partition coefficient (Wildman–Crippen LogP) is 11.7. The summed E-state index contributed by atoms with van der Waals surface area (Å²) in [6, 6.07) is 27.3. The Hall–Kier alpha value is -4.89. The lowest BCUT2D eigenvalue weighted by atomic mass is 9.85. The molecular formula is C48H56N2O2Si2. The number of aromatic amines is 2. The molecule has 0 saturated carbocycles. The largest absolute Gasteiger partial charge is 0.355 e. The maximum Gasteiger partial charge on any atom is 0.209 e. The van der Waals surface area contributed by atoms with Crippen LogP contribution in [0.3, 0.4) is 0 Å². The molecule has 0 amide bonds. The lowest BCUT2D eigenvalue weighted by molar-refractivity contribution is 0.102. The van der Waals surface area contributed by atoms with Gasteiger partial charge in [0.05, 0.1) is 17.3 Å². The van der Waals surface area contributed by atoms with Crippen LogP contribution in [0.25, 0.3) is 0 Å². The summed E-state index contributed by atoms with van der Waals surface area (Å²) < 4.78 is 0. The van der Waals surface area contributed by atoms with Gasteiger partial charge in [0.2, 0.25) is 11.6 Å². The Balaban J connectivity index is 1.45. The van der Waals surface area contributed by atoms with Crippen LogP contribution in [-0.4, -0.2) is 37.7 Å². The minimum absolute atomic E-state index is 0.0764. The number of H-pyrrole nitrogens is 2. The molecule has 2 aromatic heterocycles. The lowest BCUT2D eigenvalue weighted by Crippen LogP contribution is -2.43. The van der Waals surface area contributed by atoms with Crippen LogP contribution in [0.15, 0.2) is 84.9 Å². The summed E-state index contributed by atoms with van der Waals surface area (Å²) in [4.78, 5) is 34.5. The summed E-state index contributed by atoms with van der Waals surface area (Å²) in [5.74, 6) is 6.35. The molecule has 5 aromatic rings. The van der Waals surface area contributed by atoms with Crippen molar-refractivity contribution in [2.24, 2.45) is 0 Å². The Kier molecular flexibility index (Phi) is 12.1. The van der Waals surface area contributed by atoms with Gasteiger partial charge < -0.3 is 9.97 Å². The first-order valence-electron chi connectivity index (χ1n) is 19.2. The van der Waals surface area contributed by atoms with Crippen molar-refractivity contribution in [1.29, 1.82) is 0 Å². The number of nitrogens with one attached hydrogen (secondary N) is 2. The van der Waals surface area contributed by atoms with Gasteiger partial charge in [0.15, 0.2) is 0 Å². The fourth-order valence-corrected chi connectivity index (χ4v) is 13.9. The molecule has 0 saturated heterocycles. The van der Waals surface area contributed by atoms with Crippen molar-refractivity contribution >= 4 is 27.7 Å². The van der Waals surface area contributed by atoms with Crippen LogP contribution >= 0.6 is 0 Å². The fourth-order valence-electron chi connectivity index (χ4n) is 8.14. The number of aromatic nitrogens is 2. The standard InChI is InChI=1S/C48H56N2O2Si2/c1-31(2)54(32(3)4,33(5)6)28-26-38-15-19-40(20-16-38)48(52)44-24-22-42(50-44)46(45-35(8)29-34(7)30-36(45)9)41-21-23-43(49-41)47(51)39-17-13-37(14-18-39)25-27-53(10,11)12/h13-24,29-33,46,49-50H,1-12H3. The van der Waals surface area contributed by atoms with Crippen LogP contribution in [0.4, 0.5) is 0 Å². The molecule has 0 aliphatic heterocycles. The molecule has 0 bridgehead atoms. The van der Waals surface area contributed by atoms with E-state index in [1.165, 1.54) is 5.56 Å². The maximum atomic E-state index is 13.9. The first-order chi connectivity index (χ1) is 25.4. The molecule has 0 radical (unpaired) electrons. The SMILES string of the molecule is Cc1cc(C)c(C(c2ccc(C(=O)c3ccc(C#C[Si](C)(C)C)cc3)[nH]2)c2ccc(C(=O)c3ccc(C#C[Si](C(C)C)(C(C)C)C(C)C)cc3)[nH]2)c(C)c1. The summed E-state index contributed by atoms with van der Waals surface area (Å²) in [5, 5.41) is 0. The molecule has 6 heteroatoms. The molecule has 54 heavy (non-hydrogen) atoms. The third-order valence-electron chi connectivity index (χ3n) is 10.7. The summed E-state index contributed by atoms with van der Waals surface area (Å²) in [6.07, 6.45) is 0. The van der Waals surface area contributed by atoms with Crippen LogP contribution in [0.5, 0.6) is 0 Å². The molecule has 1 unspecified atom stereocenters. The average molecular weight is 749 g/mol. The van der Waals surface area contributed by atoms with E-state index in [2.05, 4.69) is 127 Å². The number of hydrogen-bond acceptors (Lipinski definition) is 2. The van der Waals surface area contributed by atoms with Crippen molar-refractivity contribution < 1.29 is 9.59 Å². The summed E-state index contributed by atoms with van der Waals surface area (Å²) >= 11 is 0. The molecule has 0 fully saturated rings. The van der Waals surface area contributed by atoms with Crippen LogP contribution in [-0.2, 0) is 0 Å². The number of carbonyl (C=O) groups excluding carboxylic acids is 2. The topological polar surface area (TPSA) is 65.7 Å². The normalized spacial score (nSPS) is 12.4. The Bertz CT molecular complexity index is 2230. The second kappa shape index (κ2) is 16.2. The zero-order valence-corrected chi connectivity index (χ0v) is 36.2. The fraction of sp³-hybridized carbons (Fsp3) is 0.333. The number of hydrogen-bond donors (Lipinski definition) is 2. The number of rotatable bonds is 10. The molecule has 278 valence electrons. The van der Waals surface area contributed by atoms with E-state index in [1.54, 1.807) is 0 Å². The van der Waals surface area contributed by atoms with Gasteiger partial charge in [-0.1, -0.05) is 90.7 Å². The molecule has 5 rings (SSSR count). The van der Waals surface area contributed by atoms with E-state index in [9.17, 15) is 9.59 Å². The van der Waals surface area contributed by atoms with E-state index in [4.69, 9.17) is 0 Å². The highest BCUT2D eigenvalue weighted by molar-refractivity contribution is 6.90. The van der Waals surface area contributed by atoms with Crippen molar-refractivity contribution in [3.8, 4) is 22.9 Å². The van der Waals surface area contributed by atoms with Gasteiger partial charge in [0.1, 0.15) is 16.1 Å². The zero-order valence-electron chi connectivity index (χ0n) is 34.2. The first kappa shape index (κ1) is 40.3. The number of carbonyl (C=O) groups is 2. The van der Waals surface area contributed by atoms with Crippen molar-refractivity contribution in [3.63, 3.8) is 0 Å². The zero-order chi connectivity index (χ0) is 39.5. The Morgan fingerprint density at radius 3 is 1.31 bits per heavy atom. The molecule has 0 spiro atoms. The van der Waals surface area contributed by atoms with Gasteiger partial charge in [0.25, 0.3) is 0 Å². The van der Waals surface area contributed by atoms with Gasteiger partial charge >= 0.3 is 0 Å². The molecule has 1 atom stereocenters. The lowest BCUT2D eigenvalue weighted by Gasteiger charge is -2.38. The van der Waals surface area contributed by atoms with Crippen LogP contribution in [0, 0.1) is 43.7 Å². The smallest absolute Gasteiger partial charge is 0.209 e. The molecule has 0 aliphatic rings. The highest BCUT2D eigenvalue weighted by atomic mass is 28.3. The number of ketones is 2. The van der Waals surface area contributed by atoms with Crippen molar-refractivity contribution in [2.75, 3.05) is 0 Å². The molecule has 2 heterocycles. The van der Waals surface area contributed by atoms with E-state index < -0.39 is 16.1 Å². The molecule has 4 nitrogen and oxygen atoms in total. The van der Waals surface area contributed by atoms with Gasteiger partial charge in [-0.15, -0.1) is 11.1 Å². The molecular weight excluding hydrogens is 693 g/mol. The van der Waals surface area contributed by atoms with Crippen molar-refractivity contribution in [1.82, 2.24) is 9.97 Å². The van der Waals surface area contributed by atoms with Crippen molar-refractivity contribution in [3.05, 3.63) is 152 Å². The van der Waals surface area contributed by atoms with E-state index >= 15 is 0 Å². The number of benzene rings is 3. The minimum atomic E-state index is -1.86. The second-order valence-corrected chi connectivity index (χ2v) is 27.2. The predicted molar refractivity (Wildman–Crippen MR) is 231 cm³/mol. The van der Waals surface area contributed by atoms with Gasteiger partial charge in [-0.3, -0.25) is 9.59 Å². The Labute approximate surface area is 325 Å². The van der Waals surface area contributed by atoms with E-state index in [-0.39, 0.29) is 17.5 Å². The van der Waals surface area contributed by atoms with E-state index in [1.807, 2.05) is 72.8 Å². The summed E-state index contributed by atoms with van der Waals surface area (Å²) in [5.41, 5.74) is 19.3. The number of aryl methyl sites for hydroxylation is 3. The van der Waals surface area contributed by atoms with Gasteiger partial charge in [-0.05, 0) is 127 Å². The second-order valence-electron chi connectivity index (χ2n) is 16.9. The van der Waals surface area contributed by atoms with Crippen molar-refractivity contribution in [2.45, 2.75) is 104 Å². The third kappa shape index (κ3) is 8.73. The highest BCUT2D eigenvalue weighted by Crippen LogP contribution is 2.41. The van der Waals surface area contributed by atoms with Gasteiger partial charge in [0, 0.05) is 33.6 Å². The highest BCUT2D eigenvalue weighted by Gasteiger charge is 2.41. The van der Waals surface area contributed by atoms with E-state index in [0.29, 0.717) is 39.1 Å². The van der Waals surface area contributed by atoms with Crippen LogP contribution in [0.1, 0.15) is 124 Å². The average Bonchev–Trinajstić information content (AvgIpc) is 3.79. The van der Waals surface area contributed by atoms with Gasteiger partial charge in [-0.2, -0.15) is 0 Å². The van der Waals surface area contributed by atoms with Crippen LogP contribution in [0.2, 0.25) is 36.3 Å². The summed E-state index contributed by atoms with van der Waals surface area (Å²) in [6.45, 7) is 26.9. The molecule has 0 aliphatic carbocycles. The summed E-state index contributed by atoms with van der Waals surface area (Å²) in [7, 11) is -3.37. The Morgan fingerprint density at radius 2 is 0.944 bits per heavy atom. The minimum Gasteiger partial charge on any atom is -0.355 e. The Morgan fingerprint density at radius 1 is 0.556 bits per heavy atom.